The standard InChI is InChI=1S/C26H27FN2O6S2/c27-20-6-8-23(9-7-20)37(31,32)29(15-21-3-1-11-33-21)17-26(30)28(16-22-4-2-12-36-22)14-19-5-10-24-25(13-19)35-18-34-24/h2,4-10,12-13,21H,1,3,11,14-18H2. The van der Waals surface area contributed by atoms with Crippen LogP contribution in [0.4, 0.5) is 4.39 Å². The fourth-order valence-corrected chi connectivity index (χ4v) is 6.49. The van der Waals surface area contributed by atoms with Crippen molar-refractivity contribution in [2.24, 2.45) is 0 Å². The van der Waals surface area contributed by atoms with Gasteiger partial charge in [-0.1, -0.05) is 12.1 Å². The molecule has 8 nitrogen and oxygen atoms in total. The molecule has 0 aliphatic carbocycles. The smallest absolute Gasteiger partial charge is 0.243 e. The van der Waals surface area contributed by atoms with Crippen LogP contribution in [0.25, 0.3) is 0 Å². The molecule has 1 unspecified atom stereocenters. The van der Waals surface area contributed by atoms with E-state index in [0.717, 1.165) is 33.3 Å². The van der Waals surface area contributed by atoms with E-state index in [1.807, 2.05) is 29.6 Å². The minimum absolute atomic E-state index is 0.0440. The lowest BCUT2D eigenvalue weighted by Crippen LogP contribution is -2.45. The second kappa shape index (κ2) is 11.2. The third kappa shape index (κ3) is 6.12. The van der Waals surface area contributed by atoms with Gasteiger partial charge in [0.25, 0.3) is 0 Å². The van der Waals surface area contributed by atoms with Crippen molar-refractivity contribution in [2.45, 2.75) is 36.9 Å². The molecule has 0 bridgehead atoms. The molecule has 3 aromatic rings. The number of nitrogens with zero attached hydrogens (tertiary/aromatic N) is 2. The van der Waals surface area contributed by atoms with Gasteiger partial charge in [-0.3, -0.25) is 4.79 Å². The molecular weight excluding hydrogens is 519 g/mol. The number of hydrogen-bond donors (Lipinski definition) is 0. The van der Waals surface area contributed by atoms with Gasteiger partial charge >= 0.3 is 0 Å². The molecule has 0 N–H and O–H groups in total. The number of fused-ring (bicyclic) bond motifs is 1. The maximum absolute atomic E-state index is 13.7. The second-order valence-corrected chi connectivity index (χ2v) is 11.9. The highest BCUT2D eigenvalue weighted by Crippen LogP contribution is 2.33. The Kier molecular flexibility index (Phi) is 7.75. The van der Waals surface area contributed by atoms with Crippen molar-refractivity contribution in [2.75, 3.05) is 26.5 Å². The Bertz CT molecular complexity index is 1330. The molecule has 196 valence electrons. The highest BCUT2D eigenvalue weighted by atomic mass is 32.2. The van der Waals surface area contributed by atoms with E-state index in [9.17, 15) is 17.6 Å². The normalized spacial score (nSPS) is 16.9. The lowest BCUT2D eigenvalue weighted by Gasteiger charge is -2.28. The molecule has 1 fully saturated rings. The molecule has 3 heterocycles. The summed E-state index contributed by atoms with van der Waals surface area (Å²) in [5, 5.41) is 1.93. The van der Waals surface area contributed by atoms with Crippen molar-refractivity contribution >= 4 is 27.3 Å². The minimum atomic E-state index is -4.07. The van der Waals surface area contributed by atoms with E-state index >= 15 is 0 Å². The third-order valence-corrected chi connectivity index (χ3v) is 8.97. The number of carbonyl (C=O) groups is 1. The van der Waals surface area contributed by atoms with E-state index < -0.39 is 15.8 Å². The average Bonchev–Trinajstić information content (AvgIpc) is 3.66. The Morgan fingerprint density at radius 2 is 1.86 bits per heavy atom. The summed E-state index contributed by atoms with van der Waals surface area (Å²) >= 11 is 1.52. The van der Waals surface area contributed by atoms with E-state index in [0.29, 0.717) is 31.1 Å². The first-order valence-electron chi connectivity index (χ1n) is 11.9. The molecule has 37 heavy (non-hydrogen) atoms. The predicted octanol–water partition coefficient (Wildman–Crippen LogP) is 4.01. The van der Waals surface area contributed by atoms with Crippen LogP contribution in [0, 0.1) is 5.82 Å². The van der Waals surface area contributed by atoms with Gasteiger partial charge in [0, 0.05) is 24.6 Å². The molecule has 5 rings (SSSR count). The van der Waals surface area contributed by atoms with Gasteiger partial charge in [0.2, 0.25) is 22.7 Å². The van der Waals surface area contributed by atoms with Gasteiger partial charge in [-0.2, -0.15) is 4.31 Å². The molecule has 2 aromatic carbocycles. The molecule has 2 aliphatic heterocycles. The Labute approximate surface area is 219 Å². The maximum atomic E-state index is 13.7. The highest BCUT2D eigenvalue weighted by Gasteiger charge is 2.32. The molecule has 1 amide bonds. The van der Waals surface area contributed by atoms with E-state index in [4.69, 9.17) is 14.2 Å². The van der Waals surface area contributed by atoms with Gasteiger partial charge in [0.1, 0.15) is 5.82 Å². The highest BCUT2D eigenvalue weighted by molar-refractivity contribution is 7.89. The van der Waals surface area contributed by atoms with Gasteiger partial charge in [0.15, 0.2) is 11.5 Å². The second-order valence-electron chi connectivity index (χ2n) is 8.90. The molecule has 2 aliphatic rings. The topological polar surface area (TPSA) is 85.4 Å². The Morgan fingerprint density at radius 1 is 1.05 bits per heavy atom. The van der Waals surface area contributed by atoms with Crippen LogP contribution in [-0.2, 0) is 32.6 Å². The monoisotopic (exact) mass is 546 g/mol. The zero-order valence-corrected chi connectivity index (χ0v) is 21.7. The lowest BCUT2D eigenvalue weighted by atomic mass is 10.2. The first kappa shape index (κ1) is 25.7. The molecule has 1 saturated heterocycles. The molecule has 0 saturated carbocycles. The largest absolute Gasteiger partial charge is 0.454 e. The van der Waals surface area contributed by atoms with Crippen LogP contribution < -0.4 is 9.47 Å². The van der Waals surface area contributed by atoms with E-state index in [1.165, 1.54) is 23.5 Å². The summed E-state index contributed by atoms with van der Waals surface area (Å²) in [6.45, 7) is 0.971. The van der Waals surface area contributed by atoms with Crippen molar-refractivity contribution < 1.29 is 31.8 Å². The van der Waals surface area contributed by atoms with Crippen molar-refractivity contribution in [1.82, 2.24) is 9.21 Å². The zero-order chi connectivity index (χ0) is 25.8. The number of thiophene rings is 1. The van der Waals surface area contributed by atoms with E-state index in [-0.39, 0.29) is 43.3 Å². The van der Waals surface area contributed by atoms with Crippen LogP contribution in [0.1, 0.15) is 23.3 Å². The number of rotatable bonds is 10. The van der Waals surface area contributed by atoms with Gasteiger partial charge in [-0.25, -0.2) is 12.8 Å². The van der Waals surface area contributed by atoms with Gasteiger partial charge < -0.3 is 19.1 Å². The van der Waals surface area contributed by atoms with Gasteiger partial charge in [-0.15, -0.1) is 11.3 Å². The summed E-state index contributed by atoms with van der Waals surface area (Å²) in [6, 6.07) is 14.0. The van der Waals surface area contributed by atoms with Crippen molar-refractivity contribution in [3.63, 3.8) is 0 Å². The Hall–Kier alpha value is -2.99. The zero-order valence-electron chi connectivity index (χ0n) is 20.0. The minimum Gasteiger partial charge on any atom is -0.454 e. The third-order valence-electron chi connectivity index (χ3n) is 6.28. The summed E-state index contributed by atoms with van der Waals surface area (Å²) in [4.78, 5) is 16.2. The molecular formula is C26H27FN2O6S2. The van der Waals surface area contributed by atoms with Gasteiger partial charge in [-0.05, 0) is 66.2 Å². The van der Waals surface area contributed by atoms with Crippen molar-refractivity contribution in [3.05, 3.63) is 76.2 Å². The number of sulfonamides is 1. The molecule has 1 aromatic heterocycles. The fourth-order valence-electron chi connectivity index (χ4n) is 4.35. The van der Waals surface area contributed by atoms with Crippen LogP contribution in [0.3, 0.4) is 0 Å². The number of halogens is 1. The van der Waals surface area contributed by atoms with Crippen LogP contribution >= 0.6 is 11.3 Å². The first-order valence-corrected chi connectivity index (χ1v) is 14.3. The van der Waals surface area contributed by atoms with Crippen LogP contribution in [0.15, 0.2) is 64.9 Å². The SMILES string of the molecule is O=C(CN(CC1CCCO1)S(=O)(=O)c1ccc(F)cc1)N(Cc1ccc2c(c1)OCO2)Cc1cccs1. The first-order chi connectivity index (χ1) is 17.9. The van der Waals surface area contributed by atoms with Crippen LogP contribution in [0.2, 0.25) is 0 Å². The van der Waals surface area contributed by atoms with E-state index in [2.05, 4.69) is 0 Å². The van der Waals surface area contributed by atoms with Crippen molar-refractivity contribution in [3.8, 4) is 11.5 Å². The predicted molar refractivity (Wildman–Crippen MR) is 135 cm³/mol. The lowest BCUT2D eigenvalue weighted by molar-refractivity contribution is -0.132. The molecule has 0 spiro atoms. The average molecular weight is 547 g/mol. The fraction of sp³-hybridized carbons (Fsp3) is 0.346. The number of ether oxygens (including phenoxy) is 3. The quantitative estimate of drug-likeness (QED) is 0.382. The summed E-state index contributed by atoms with van der Waals surface area (Å²) in [5.74, 6) is 0.370. The number of amides is 1. The number of hydrogen-bond acceptors (Lipinski definition) is 7. The van der Waals surface area contributed by atoms with E-state index in [1.54, 1.807) is 11.0 Å². The molecule has 11 heteroatoms. The van der Waals surface area contributed by atoms with Crippen LogP contribution in [-0.4, -0.2) is 56.1 Å². The Morgan fingerprint density at radius 3 is 2.59 bits per heavy atom. The molecule has 0 radical (unpaired) electrons. The summed E-state index contributed by atoms with van der Waals surface area (Å²) in [6.07, 6.45) is 1.24. The summed E-state index contributed by atoms with van der Waals surface area (Å²) < 4.78 is 58.3. The van der Waals surface area contributed by atoms with Crippen molar-refractivity contribution in [1.29, 1.82) is 0 Å². The van der Waals surface area contributed by atoms with Crippen LogP contribution in [0.5, 0.6) is 11.5 Å². The Balaban J connectivity index is 1.40. The van der Waals surface area contributed by atoms with Gasteiger partial charge in [0.05, 0.1) is 24.1 Å². The number of benzene rings is 2. The summed E-state index contributed by atoms with van der Waals surface area (Å²) in [7, 11) is -4.07. The number of carbonyl (C=O) groups excluding carboxylic acids is 1. The molecule has 1 atom stereocenters. The maximum Gasteiger partial charge on any atom is 0.243 e. The summed E-state index contributed by atoms with van der Waals surface area (Å²) in [5.41, 5.74) is 0.834.